The van der Waals surface area contributed by atoms with E-state index in [2.05, 4.69) is 5.18 Å². The van der Waals surface area contributed by atoms with Crippen molar-refractivity contribution < 1.29 is 0 Å². The summed E-state index contributed by atoms with van der Waals surface area (Å²) in [4.78, 5) is 11.4. The predicted molar refractivity (Wildman–Crippen MR) is 56.2 cm³/mol. The Balaban J connectivity index is 2.92. The van der Waals surface area contributed by atoms with Crippen molar-refractivity contribution in [3.05, 3.63) is 28.7 Å². The van der Waals surface area contributed by atoms with Crippen LogP contribution in [0, 0.1) is 11.8 Å². The van der Waals surface area contributed by atoms with E-state index in [0.29, 0.717) is 5.69 Å². The molecule has 0 spiro atoms. The third kappa shape index (κ3) is 2.82. The van der Waals surface area contributed by atoms with Gasteiger partial charge in [-0.05, 0) is 55.8 Å². The molecule has 1 aromatic carbocycles. The maximum atomic E-state index is 10.4. The fraction of sp³-hybridized carbons (Fsp3) is 0.333. The van der Waals surface area contributed by atoms with Crippen LogP contribution in [0.5, 0.6) is 0 Å². The van der Waals surface area contributed by atoms with E-state index in [4.69, 9.17) is 0 Å². The van der Waals surface area contributed by atoms with Gasteiger partial charge >= 0.3 is 0 Å². The topological polar surface area (TPSA) is 32.7 Å². The van der Waals surface area contributed by atoms with E-state index >= 15 is 0 Å². The molecule has 0 aliphatic heterocycles. The molecule has 0 unspecified atom stereocenters. The Kier molecular flexibility index (Phi) is 3.45. The number of hydrogen-bond donors (Lipinski definition) is 0. The zero-order chi connectivity index (χ0) is 9.84. The minimum atomic E-state index is 0.520. The molecule has 0 saturated heterocycles. The highest BCUT2D eigenvalue weighted by Crippen LogP contribution is 2.26. The van der Waals surface area contributed by atoms with Crippen molar-refractivity contribution in [1.82, 2.24) is 4.31 Å². The van der Waals surface area contributed by atoms with Gasteiger partial charge in [-0.15, -0.1) is 4.91 Å². The minimum absolute atomic E-state index is 0.520. The highest BCUT2D eigenvalue weighted by molar-refractivity contribution is 7.97. The summed E-state index contributed by atoms with van der Waals surface area (Å²) in [7, 11) is 3.91. The van der Waals surface area contributed by atoms with Gasteiger partial charge in [0.25, 0.3) is 0 Å². The van der Waals surface area contributed by atoms with Crippen LogP contribution in [0.25, 0.3) is 0 Å². The average Bonchev–Trinajstić information content (AvgIpc) is 2.07. The van der Waals surface area contributed by atoms with Crippen molar-refractivity contribution in [1.29, 1.82) is 0 Å². The van der Waals surface area contributed by atoms with E-state index in [0.717, 1.165) is 10.5 Å². The third-order valence-corrected chi connectivity index (χ3v) is 2.40. The molecule has 0 heterocycles. The number of rotatable bonds is 3. The average molecular weight is 196 g/mol. The summed E-state index contributed by atoms with van der Waals surface area (Å²) >= 11 is 1.57. The second-order valence-corrected chi connectivity index (χ2v) is 4.33. The Hall–Kier alpha value is -0.870. The van der Waals surface area contributed by atoms with E-state index in [-0.39, 0.29) is 0 Å². The van der Waals surface area contributed by atoms with Crippen LogP contribution in [-0.4, -0.2) is 18.4 Å². The summed E-state index contributed by atoms with van der Waals surface area (Å²) in [6.07, 6.45) is 0. The molecular formula is C9H12N2OS. The summed E-state index contributed by atoms with van der Waals surface area (Å²) in [5, 5.41) is 2.96. The van der Waals surface area contributed by atoms with Gasteiger partial charge in [0.2, 0.25) is 0 Å². The van der Waals surface area contributed by atoms with Crippen LogP contribution in [0.3, 0.4) is 0 Å². The number of nitroso groups, excluding NO2 is 1. The van der Waals surface area contributed by atoms with Crippen molar-refractivity contribution in [2.24, 2.45) is 5.18 Å². The van der Waals surface area contributed by atoms with Gasteiger partial charge in [-0.1, -0.05) is 6.07 Å². The van der Waals surface area contributed by atoms with Crippen molar-refractivity contribution in [3.8, 4) is 0 Å². The van der Waals surface area contributed by atoms with Crippen LogP contribution in [0.4, 0.5) is 5.69 Å². The maximum absolute atomic E-state index is 10.4. The van der Waals surface area contributed by atoms with Crippen molar-refractivity contribution in [3.63, 3.8) is 0 Å². The maximum Gasteiger partial charge on any atom is 0.112 e. The fourth-order valence-electron chi connectivity index (χ4n) is 0.955. The third-order valence-electron chi connectivity index (χ3n) is 1.57. The van der Waals surface area contributed by atoms with Crippen molar-refractivity contribution >= 4 is 17.6 Å². The monoisotopic (exact) mass is 196 g/mol. The van der Waals surface area contributed by atoms with Gasteiger partial charge in [-0.2, -0.15) is 0 Å². The van der Waals surface area contributed by atoms with Gasteiger partial charge in [-0.3, -0.25) is 4.31 Å². The van der Waals surface area contributed by atoms with Crippen LogP contribution in [0.15, 0.2) is 28.3 Å². The minimum Gasteiger partial charge on any atom is -0.253 e. The highest BCUT2D eigenvalue weighted by Gasteiger charge is 2.01. The van der Waals surface area contributed by atoms with E-state index in [1.54, 1.807) is 18.0 Å². The molecule has 3 nitrogen and oxygen atoms in total. The molecule has 1 aromatic rings. The molecule has 0 amide bonds. The molecule has 0 radical (unpaired) electrons. The van der Waals surface area contributed by atoms with E-state index in [9.17, 15) is 4.91 Å². The molecular weight excluding hydrogens is 184 g/mol. The first kappa shape index (κ1) is 10.2. The lowest BCUT2D eigenvalue weighted by molar-refractivity contribution is 0.702. The molecule has 0 N–H and O–H groups in total. The molecule has 1 rings (SSSR count). The van der Waals surface area contributed by atoms with Gasteiger partial charge in [0, 0.05) is 4.90 Å². The largest absolute Gasteiger partial charge is 0.253 e. The molecule has 0 saturated carbocycles. The zero-order valence-electron chi connectivity index (χ0n) is 7.94. The number of nitrogens with zero attached hydrogens (tertiary/aromatic N) is 2. The van der Waals surface area contributed by atoms with Gasteiger partial charge < -0.3 is 0 Å². The summed E-state index contributed by atoms with van der Waals surface area (Å²) < 4.78 is 1.97. The fourth-order valence-corrected chi connectivity index (χ4v) is 1.67. The molecule has 13 heavy (non-hydrogen) atoms. The van der Waals surface area contributed by atoms with Gasteiger partial charge in [0.15, 0.2) is 0 Å². The number of hydrogen-bond acceptors (Lipinski definition) is 4. The first-order valence-electron chi connectivity index (χ1n) is 3.93. The Morgan fingerprint density at radius 1 is 1.38 bits per heavy atom. The van der Waals surface area contributed by atoms with Crippen LogP contribution in [0.2, 0.25) is 0 Å². The van der Waals surface area contributed by atoms with E-state index in [1.165, 1.54) is 0 Å². The van der Waals surface area contributed by atoms with E-state index < -0.39 is 0 Å². The SMILES string of the molecule is Cc1ccc(SN(C)C)cc1N=O. The van der Waals surface area contributed by atoms with Crippen LogP contribution in [0.1, 0.15) is 5.56 Å². The van der Waals surface area contributed by atoms with Crippen molar-refractivity contribution in [2.45, 2.75) is 11.8 Å². The quantitative estimate of drug-likeness (QED) is 0.550. The first-order valence-corrected chi connectivity index (χ1v) is 4.70. The molecule has 0 aliphatic carbocycles. The summed E-state index contributed by atoms with van der Waals surface area (Å²) in [5.74, 6) is 0. The van der Waals surface area contributed by atoms with Gasteiger partial charge in [-0.25, -0.2) is 0 Å². The molecule has 0 aliphatic rings. The Morgan fingerprint density at radius 2 is 2.08 bits per heavy atom. The first-order chi connectivity index (χ1) is 6.13. The lowest BCUT2D eigenvalue weighted by atomic mass is 10.2. The second kappa shape index (κ2) is 4.39. The number of aryl methyl sites for hydroxylation is 1. The molecule has 4 heteroatoms. The highest BCUT2D eigenvalue weighted by atomic mass is 32.2. The molecule has 0 aromatic heterocycles. The lowest BCUT2D eigenvalue weighted by Gasteiger charge is -2.08. The van der Waals surface area contributed by atoms with Crippen molar-refractivity contribution in [2.75, 3.05) is 14.1 Å². The smallest absolute Gasteiger partial charge is 0.112 e. The Labute approximate surface area is 82.2 Å². The van der Waals surface area contributed by atoms with Crippen LogP contribution < -0.4 is 0 Å². The predicted octanol–water partition coefficient (Wildman–Crippen LogP) is 2.96. The Morgan fingerprint density at radius 3 is 2.62 bits per heavy atom. The zero-order valence-corrected chi connectivity index (χ0v) is 8.76. The number of benzene rings is 1. The summed E-state index contributed by atoms with van der Waals surface area (Å²) in [6.45, 7) is 1.88. The van der Waals surface area contributed by atoms with Gasteiger partial charge in [0.05, 0.1) is 0 Å². The summed E-state index contributed by atoms with van der Waals surface area (Å²) in [6, 6.07) is 5.68. The Bertz CT molecular complexity index is 312. The molecule has 0 fully saturated rings. The van der Waals surface area contributed by atoms with Crippen LogP contribution in [-0.2, 0) is 0 Å². The van der Waals surface area contributed by atoms with Gasteiger partial charge in [0.1, 0.15) is 5.69 Å². The summed E-state index contributed by atoms with van der Waals surface area (Å²) in [5.41, 5.74) is 1.44. The lowest BCUT2D eigenvalue weighted by Crippen LogP contribution is -1.98. The normalized spacial score (nSPS) is 10.5. The van der Waals surface area contributed by atoms with Crippen LogP contribution >= 0.6 is 11.9 Å². The second-order valence-electron chi connectivity index (χ2n) is 2.94. The molecule has 70 valence electrons. The standard InChI is InChI=1S/C9H12N2OS/c1-7-4-5-8(13-11(2)3)6-9(7)10-12/h4-6H,1-3H3. The molecule has 0 bridgehead atoms. The molecule has 0 atom stereocenters. The van der Waals surface area contributed by atoms with E-state index in [1.807, 2.05) is 37.5 Å².